The summed E-state index contributed by atoms with van der Waals surface area (Å²) in [6, 6.07) is 2.05. The summed E-state index contributed by atoms with van der Waals surface area (Å²) in [6.45, 7) is 5.85. The zero-order valence-corrected chi connectivity index (χ0v) is 9.81. The highest BCUT2D eigenvalue weighted by atomic mass is 16.5. The van der Waals surface area contributed by atoms with Crippen molar-refractivity contribution in [2.75, 3.05) is 13.7 Å². The van der Waals surface area contributed by atoms with Crippen LogP contribution in [0, 0.1) is 5.92 Å². The van der Waals surface area contributed by atoms with E-state index >= 15 is 0 Å². The molecule has 0 saturated carbocycles. The van der Waals surface area contributed by atoms with Crippen LogP contribution in [0.3, 0.4) is 0 Å². The summed E-state index contributed by atoms with van der Waals surface area (Å²) in [4.78, 5) is 0. The summed E-state index contributed by atoms with van der Waals surface area (Å²) < 4.78 is 7.05. The molecular weight excluding hydrogens is 190 g/mol. The molecule has 86 valence electrons. The summed E-state index contributed by atoms with van der Waals surface area (Å²) in [6.07, 6.45) is 2.74. The summed E-state index contributed by atoms with van der Waals surface area (Å²) in [5, 5.41) is 4.21. The van der Waals surface area contributed by atoms with Crippen molar-refractivity contribution in [1.29, 1.82) is 0 Å². The number of hydrogen-bond donors (Lipinski definition) is 1. The van der Waals surface area contributed by atoms with E-state index in [9.17, 15) is 0 Å². The maximum atomic E-state index is 6.13. The van der Waals surface area contributed by atoms with Gasteiger partial charge in [0.05, 0.1) is 5.69 Å². The molecule has 2 atom stereocenters. The molecule has 0 aliphatic heterocycles. The van der Waals surface area contributed by atoms with Crippen molar-refractivity contribution < 1.29 is 4.74 Å². The molecule has 0 spiro atoms. The summed E-state index contributed by atoms with van der Waals surface area (Å²) in [5.41, 5.74) is 7.24. The van der Waals surface area contributed by atoms with Gasteiger partial charge in [0.15, 0.2) is 0 Å². The van der Waals surface area contributed by atoms with E-state index in [1.807, 2.05) is 10.7 Å². The molecule has 0 radical (unpaired) electrons. The lowest BCUT2D eigenvalue weighted by Crippen LogP contribution is -2.20. The molecule has 0 aromatic carbocycles. The largest absolute Gasteiger partial charge is 0.384 e. The summed E-state index contributed by atoms with van der Waals surface area (Å²) in [7, 11) is 1.72. The molecule has 1 aromatic heterocycles. The summed E-state index contributed by atoms with van der Waals surface area (Å²) in [5.74, 6) is 0.477. The number of hydrogen-bond acceptors (Lipinski definition) is 3. The Morgan fingerprint density at radius 1 is 1.60 bits per heavy atom. The first kappa shape index (κ1) is 12.2. The van der Waals surface area contributed by atoms with Gasteiger partial charge in [-0.1, -0.05) is 6.92 Å². The van der Waals surface area contributed by atoms with Crippen LogP contribution in [0.2, 0.25) is 0 Å². The Morgan fingerprint density at radius 2 is 2.33 bits per heavy atom. The molecule has 0 saturated heterocycles. The topological polar surface area (TPSA) is 53.1 Å². The molecule has 1 aromatic rings. The Labute approximate surface area is 91.4 Å². The Hall–Kier alpha value is -0.870. The van der Waals surface area contributed by atoms with Crippen LogP contribution in [-0.4, -0.2) is 23.5 Å². The lowest BCUT2D eigenvalue weighted by molar-refractivity contribution is 0.151. The van der Waals surface area contributed by atoms with Gasteiger partial charge in [0.25, 0.3) is 0 Å². The molecule has 0 fully saturated rings. The number of rotatable bonds is 6. The van der Waals surface area contributed by atoms with Gasteiger partial charge < -0.3 is 10.5 Å². The Morgan fingerprint density at radius 3 is 2.93 bits per heavy atom. The van der Waals surface area contributed by atoms with Gasteiger partial charge in [-0.05, 0) is 25.3 Å². The average molecular weight is 211 g/mol. The highest BCUT2D eigenvalue weighted by molar-refractivity contribution is 5.06. The van der Waals surface area contributed by atoms with E-state index < -0.39 is 0 Å². The second kappa shape index (κ2) is 5.88. The predicted octanol–water partition coefficient (Wildman–Crippen LogP) is 1.58. The molecule has 0 aliphatic rings. The number of methoxy groups -OCH3 is 1. The monoisotopic (exact) mass is 211 g/mol. The van der Waals surface area contributed by atoms with E-state index in [1.165, 1.54) is 0 Å². The number of ether oxygens (including phenoxy) is 1. The third-order valence-corrected chi connectivity index (χ3v) is 2.54. The molecule has 4 nitrogen and oxygen atoms in total. The van der Waals surface area contributed by atoms with Crippen molar-refractivity contribution >= 4 is 0 Å². The predicted molar refractivity (Wildman–Crippen MR) is 60.5 cm³/mol. The fourth-order valence-corrected chi connectivity index (χ4v) is 1.83. The van der Waals surface area contributed by atoms with Crippen molar-refractivity contribution in [3.05, 3.63) is 18.0 Å². The number of nitrogens with zero attached hydrogens (tertiary/aromatic N) is 2. The van der Waals surface area contributed by atoms with Crippen LogP contribution in [0.15, 0.2) is 12.3 Å². The Balaban J connectivity index is 2.56. The van der Waals surface area contributed by atoms with E-state index in [0.717, 1.165) is 25.3 Å². The molecule has 0 amide bonds. The van der Waals surface area contributed by atoms with Crippen LogP contribution in [0.1, 0.15) is 32.0 Å². The van der Waals surface area contributed by atoms with E-state index in [-0.39, 0.29) is 6.04 Å². The molecule has 1 rings (SSSR count). The molecule has 2 unspecified atom stereocenters. The van der Waals surface area contributed by atoms with Crippen molar-refractivity contribution in [1.82, 2.24) is 9.78 Å². The first-order chi connectivity index (χ1) is 7.19. The third kappa shape index (κ3) is 3.32. The second-order valence-electron chi connectivity index (χ2n) is 3.97. The quantitative estimate of drug-likeness (QED) is 0.777. The third-order valence-electron chi connectivity index (χ3n) is 2.54. The smallest absolute Gasteiger partial charge is 0.0551 e. The van der Waals surface area contributed by atoms with Gasteiger partial charge in [0.1, 0.15) is 0 Å². The summed E-state index contributed by atoms with van der Waals surface area (Å²) >= 11 is 0. The van der Waals surface area contributed by atoms with Crippen molar-refractivity contribution in [3.8, 4) is 0 Å². The SMILES string of the molecule is CCn1nccc1C(N)CC(C)COC. The second-order valence-corrected chi connectivity index (χ2v) is 3.97. The number of aryl methyl sites for hydroxylation is 1. The molecule has 1 heterocycles. The number of aromatic nitrogens is 2. The maximum absolute atomic E-state index is 6.13. The Bertz CT molecular complexity index is 285. The lowest BCUT2D eigenvalue weighted by atomic mass is 10.0. The molecule has 0 bridgehead atoms. The fraction of sp³-hybridized carbons (Fsp3) is 0.727. The van der Waals surface area contributed by atoms with E-state index in [4.69, 9.17) is 10.5 Å². The normalized spacial score (nSPS) is 15.2. The van der Waals surface area contributed by atoms with Crippen LogP contribution in [0.5, 0.6) is 0 Å². The van der Waals surface area contributed by atoms with Gasteiger partial charge in [-0.25, -0.2) is 0 Å². The zero-order chi connectivity index (χ0) is 11.3. The minimum absolute atomic E-state index is 0.0533. The minimum atomic E-state index is 0.0533. The molecule has 15 heavy (non-hydrogen) atoms. The zero-order valence-electron chi connectivity index (χ0n) is 9.81. The molecular formula is C11H21N3O. The Kier molecular flexibility index (Phi) is 4.78. The van der Waals surface area contributed by atoms with Crippen LogP contribution < -0.4 is 5.73 Å². The van der Waals surface area contributed by atoms with Crippen molar-refractivity contribution in [2.24, 2.45) is 11.7 Å². The van der Waals surface area contributed by atoms with Crippen LogP contribution in [-0.2, 0) is 11.3 Å². The van der Waals surface area contributed by atoms with E-state index in [1.54, 1.807) is 13.3 Å². The fourth-order valence-electron chi connectivity index (χ4n) is 1.83. The van der Waals surface area contributed by atoms with Gasteiger partial charge >= 0.3 is 0 Å². The van der Waals surface area contributed by atoms with Crippen LogP contribution >= 0.6 is 0 Å². The highest BCUT2D eigenvalue weighted by Crippen LogP contribution is 2.18. The lowest BCUT2D eigenvalue weighted by Gasteiger charge is -2.17. The maximum Gasteiger partial charge on any atom is 0.0551 e. The number of nitrogens with two attached hydrogens (primary N) is 1. The van der Waals surface area contributed by atoms with Gasteiger partial charge in [-0.3, -0.25) is 4.68 Å². The van der Waals surface area contributed by atoms with Crippen molar-refractivity contribution in [3.63, 3.8) is 0 Å². The highest BCUT2D eigenvalue weighted by Gasteiger charge is 2.14. The molecule has 0 aliphatic carbocycles. The van der Waals surface area contributed by atoms with Gasteiger partial charge in [0.2, 0.25) is 0 Å². The standard InChI is InChI=1S/C11H21N3O/c1-4-14-11(5-6-13-14)10(12)7-9(2)8-15-3/h5-6,9-10H,4,7-8,12H2,1-3H3. The van der Waals surface area contributed by atoms with Gasteiger partial charge in [0, 0.05) is 32.5 Å². The minimum Gasteiger partial charge on any atom is -0.384 e. The van der Waals surface area contributed by atoms with Gasteiger partial charge in [-0.15, -0.1) is 0 Å². The first-order valence-electron chi connectivity index (χ1n) is 5.45. The van der Waals surface area contributed by atoms with Gasteiger partial charge in [-0.2, -0.15) is 5.10 Å². The average Bonchev–Trinajstić information content (AvgIpc) is 2.65. The van der Waals surface area contributed by atoms with Crippen molar-refractivity contribution in [2.45, 2.75) is 32.9 Å². The van der Waals surface area contributed by atoms with Crippen LogP contribution in [0.4, 0.5) is 0 Å². The first-order valence-corrected chi connectivity index (χ1v) is 5.45. The van der Waals surface area contributed by atoms with E-state index in [0.29, 0.717) is 5.92 Å². The van der Waals surface area contributed by atoms with Crippen LogP contribution in [0.25, 0.3) is 0 Å². The molecule has 4 heteroatoms. The molecule has 2 N–H and O–H groups in total. The van der Waals surface area contributed by atoms with E-state index in [2.05, 4.69) is 18.9 Å².